The molecule has 27 heavy (non-hydrogen) atoms. The molecule has 5 nitrogen and oxygen atoms in total. The highest BCUT2D eigenvalue weighted by Crippen LogP contribution is 2.51. The number of rotatable bonds is 4. The van der Waals surface area contributed by atoms with Gasteiger partial charge in [-0.05, 0) is 65.3 Å². The average molecular weight is 490 g/mol. The molecule has 1 fully saturated rings. The lowest BCUT2D eigenvalue weighted by molar-refractivity contribution is -0.118. The van der Waals surface area contributed by atoms with Gasteiger partial charge in [-0.2, -0.15) is 0 Å². The van der Waals surface area contributed by atoms with Crippen molar-refractivity contribution in [1.82, 2.24) is 4.98 Å². The maximum atomic E-state index is 13.0. The normalized spacial score (nSPS) is 16.2. The van der Waals surface area contributed by atoms with Gasteiger partial charge in [0.2, 0.25) is 12.7 Å². The van der Waals surface area contributed by atoms with E-state index in [1.807, 2.05) is 47.8 Å². The molecule has 0 bridgehead atoms. The van der Waals surface area contributed by atoms with Crippen molar-refractivity contribution in [1.29, 1.82) is 0 Å². The van der Waals surface area contributed by atoms with E-state index in [2.05, 4.69) is 32.9 Å². The van der Waals surface area contributed by atoms with E-state index in [0.717, 1.165) is 35.4 Å². The number of thiazole rings is 1. The van der Waals surface area contributed by atoms with Crippen molar-refractivity contribution in [3.63, 3.8) is 0 Å². The second-order valence-electron chi connectivity index (χ2n) is 6.65. The van der Waals surface area contributed by atoms with Crippen LogP contribution in [0, 0.1) is 3.57 Å². The van der Waals surface area contributed by atoms with Crippen LogP contribution in [-0.2, 0) is 10.2 Å². The van der Waals surface area contributed by atoms with E-state index in [4.69, 9.17) is 9.47 Å². The minimum atomic E-state index is -0.490. The van der Waals surface area contributed by atoms with Crippen molar-refractivity contribution in [2.45, 2.75) is 18.3 Å². The Morgan fingerprint density at radius 1 is 1.11 bits per heavy atom. The van der Waals surface area contributed by atoms with Crippen LogP contribution in [0.25, 0.3) is 11.3 Å². The molecule has 0 unspecified atom stereocenters. The molecule has 2 aliphatic rings. The van der Waals surface area contributed by atoms with E-state index >= 15 is 0 Å². The molecule has 0 radical (unpaired) electrons. The number of fused-ring (bicyclic) bond motifs is 1. The highest BCUT2D eigenvalue weighted by Gasteiger charge is 2.52. The van der Waals surface area contributed by atoms with Crippen LogP contribution in [0.5, 0.6) is 11.5 Å². The Morgan fingerprint density at radius 2 is 1.89 bits per heavy atom. The average Bonchev–Trinajstić information content (AvgIpc) is 3.14. The second kappa shape index (κ2) is 6.49. The quantitative estimate of drug-likeness (QED) is 0.534. The zero-order valence-electron chi connectivity index (χ0n) is 14.2. The molecule has 1 aromatic heterocycles. The summed E-state index contributed by atoms with van der Waals surface area (Å²) in [6, 6.07) is 13.9. The number of halogens is 1. The number of nitrogens with zero attached hydrogens (tertiary/aromatic N) is 1. The first kappa shape index (κ1) is 17.0. The van der Waals surface area contributed by atoms with Gasteiger partial charge in [-0.3, -0.25) is 4.79 Å². The van der Waals surface area contributed by atoms with Gasteiger partial charge in [0, 0.05) is 14.5 Å². The van der Waals surface area contributed by atoms with Gasteiger partial charge in [0.15, 0.2) is 16.6 Å². The maximum Gasteiger partial charge on any atom is 0.236 e. The first-order chi connectivity index (χ1) is 13.1. The number of carbonyl (C=O) groups excluding carboxylic acids is 1. The third-order valence-electron chi connectivity index (χ3n) is 4.97. The number of nitrogens with one attached hydrogen (secondary N) is 1. The van der Waals surface area contributed by atoms with Gasteiger partial charge in [-0.1, -0.05) is 18.2 Å². The van der Waals surface area contributed by atoms with Gasteiger partial charge in [-0.15, -0.1) is 11.3 Å². The topological polar surface area (TPSA) is 60.5 Å². The van der Waals surface area contributed by atoms with Crippen molar-refractivity contribution in [2.24, 2.45) is 0 Å². The number of hydrogen-bond donors (Lipinski definition) is 1. The largest absolute Gasteiger partial charge is 0.454 e. The summed E-state index contributed by atoms with van der Waals surface area (Å²) >= 11 is 3.72. The van der Waals surface area contributed by atoms with Crippen LogP contribution in [0.4, 0.5) is 5.13 Å². The van der Waals surface area contributed by atoms with Crippen molar-refractivity contribution in [3.8, 4) is 22.8 Å². The molecule has 1 amide bonds. The summed E-state index contributed by atoms with van der Waals surface area (Å²) < 4.78 is 12.0. The smallest absolute Gasteiger partial charge is 0.236 e. The molecular formula is C20H15IN2O3S. The predicted octanol–water partition coefficient (Wildman–Crippen LogP) is 4.81. The molecule has 3 aromatic rings. The van der Waals surface area contributed by atoms with Gasteiger partial charge >= 0.3 is 0 Å². The van der Waals surface area contributed by atoms with Crippen molar-refractivity contribution < 1.29 is 14.3 Å². The number of benzene rings is 2. The fourth-order valence-electron chi connectivity index (χ4n) is 3.27. The fourth-order valence-corrected chi connectivity index (χ4v) is 4.34. The number of hydrogen-bond acceptors (Lipinski definition) is 5. The summed E-state index contributed by atoms with van der Waals surface area (Å²) in [6.07, 6.45) is 1.65. The second-order valence-corrected chi connectivity index (χ2v) is 8.75. The fraction of sp³-hybridized carbons (Fsp3) is 0.200. The minimum absolute atomic E-state index is 0.00937. The maximum absolute atomic E-state index is 13.0. The third-order valence-corrected chi connectivity index (χ3v) is 6.45. The molecule has 7 heteroatoms. The summed E-state index contributed by atoms with van der Waals surface area (Å²) in [5, 5.41) is 5.60. The Balaban J connectivity index is 1.35. The predicted molar refractivity (Wildman–Crippen MR) is 112 cm³/mol. The van der Waals surface area contributed by atoms with Crippen LogP contribution in [-0.4, -0.2) is 17.7 Å². The Kier molecular flexibility index (Phi) is 4.08. The number of carbonyl (C=O) groups is 1. The Bertz CT molecular complexity index is 1030. The van der Waals surface area contributed by atoms with E-state index in [1.54, 1.807) is 0 Å². The third kappa shape index (κ3) is 3.08. The van der Waals surface area contributed by atoms with Crippen LogP contribution in [0.15, 0.2) is 47.8 Å². The van der Waals surface area contributed by atoms with Gasteiger partial charge in [-0.25, -0.2) is 4.98 Å². The molecule has 1 aliphatic carbocycles. The molecule has 0 spiro atoms. The molecule has 1 aliphatic heterocycles. The molecule has 1 saturated carbocycles. The molecule has 1 N–H and O–H groups in total. The van der Waals surface area contributed by atoms with Crippen LogP contribution < -0.4 is 14.8 Å². The molecule has 5 rings (SSSR count). The van der Waals surface area contributed by atoms with Gasteiger partial charge in [0.1, 0.15) is 0 Å². The van der Waals surface area contributed by atoms with Crippen LogP contribution in [0.1, 0.15) is 18.4 Å². The molecule has 136 valence electrons. The number of aromatic nitrogens is 1. The van der Waals surface area contributed by atoms with Gasteiger partial charge in [0.25, 0.3) is 0 Å². The lowest BCUT2D eigenvalue weighted by Crippen LogP contribution is -2.27. The number of ether oxygens (including phenoxy) is 2. The van der Waals surface area contributed by atoms with Crippen LogP contribution in [0.2, 0.25) is 0 Å². The monoisotopic (exact) mass is 490 g/mol. The minimum Gasteiger partial charge on any atom is -0.454 e. The first-order valence-corrected chi connectivity index (χ1v) is 10.5. The van der Waals surface area contributed by atoms with Gasteiger partial charge in [0.05, 0.1) is 11.1 Å². The van der Waals surface area contributed by atoms with E-state index in [1.165, 1.54) is 14.9 Å². The zero-order valence-corrected chi connectivity index (χ0v) is 17.2. The molecule has 2 aromatic carbocycles. The summed E-state index contributed by atoms with van der Waals surface area (Å²) in [6.45, 7) is 0.235. The lowest BCUT2D eigenvalue weighted by atomic mass is 9.94. The highest BCUT2D eigenvalue weighted by atomic mass is 127. The standard InChI is InChI=1S/C20H15IN2O3S/c21-14-4-1-12(2-5-14)15-10-27-19(22-15)23-18(24)20(7-8-20)13-3-6-16-17(9-13)26-11-25-16/h1-6,9-10H,7-8,11H2,(H,22,23,24). The Hall–Kier alpha value is -2.13. The van der Waals surface area contributed by atoms with Crippen molar-refractivity contribution in [3.05, 3.63) is 57.0 Å². The van der Waals surface area contributed by atoms with Crippen molar-refractivity contribution in [2.75, 3.05) is 12.1 Å². The van der Waals surface area contributed by atoms with Crippen molar-refractivity contribution >= 4 is 45.0 Å². The summed E-state index contributed by atoms with van der Waals surface area (Å²) in [5.74, 6) is 1.43. The Labute approximate surface area is 173 Å². The molecular weight excluding hydrogens is 475 g/mol. The molecule has 2 heterocycles. The van der Waals surface area contributed by atoms with Gasteiger partial charge < -0.3 is 14.8 Å². The first-order valence-electron chi connectivity index (χ1n) is 8.57. The van der Waals surface area contributed by atoms with E-state index < -0.39 is 5.41 Å². The Morgan fingerprint density at radius 3 is 2.67 bits per heavy atom. The lowest BCUT2D eigenvalue weighted by Gasteiger charge is -2.15. The zero-order chi connectivity index (χ0) is 18.4. The van der Waals surface area contributed by atoms with Crippen LogP contribution in [0.3, 0.4) is 0 Å². The highest BCUT2D eigenvalue weighted by molar-refractivity contribution is 14.1. The summed E-state index contributed by atoms with van der Waals surface area (Å²) in [5.41, 5.74) is 2.40. The molecule has 0 atom stereocenters. The van der Waals surface area contributed by atoms with E-state index in [-0.39, 0.29) is 12.7 Å². The molecule has 0 saturated heterocycles. The van der Waals surface area contributed by atoms with Crippen LogP contribution >= 0.6 is 33.9 Å². The number of amides is 1. The summed E-state index contributed by atoms with van der Waals surface area (Å²) in [4.78, 5) is 17.6. The number of anilines is 1. The van der Waals surface area contributed by atoms with E-state index in [9.17, 15) is 4.79 Å². The van der Waals surface area contributed by atoms with E-state index in [0.29, 0.717) is 10.9 Å². The SMILES string of the molecule is O=C(Nc1nc(-c2ccc(I)cc2)cs1)C1(c2ccc3c(c2)OCO3)CC1. The summed E-state index contributed by atoms with van der Waals surface area (Å²) in [7, 11) is 0.